The first kappa shape index (κ1) is 20.2. The number of rotatable bonds is 5. The van der Waals surface area contributed by atoms with Crippen LogP contribution in [0.3, 0.4) is 0 Å². The van der Waals surface area contributed by atoms with E-state index in [0.29, 0.717) is 13.0 Å². The lowest BCUT2D eigenvalue weighted by Gasteiger charge is -2.61. The van der Waals surface area contributed by atoms with Gasteiger partial charge in [0.25, 0.3) is 0 Å². The van der Waals surface area contributed by atoms with Gasteiger partial charge < -0.3 is 24.4 Å². The van der Waals surface area contributed by atoms with Crippen LogP contribution >= 0.6 is 11.3 Å². The van der Waals surface area contributed by atoms with Crippen LogP contribution in [0.2, 0.25) is 6.82 Å². The van der Waals surface area contributed by atoms with Crippen LogP contribution in [0, 0.1) is 5.41 Å². The quantitative estimate of drug-likeness (QED) is 0.713. The van der Waals surface area contributed by atoms with E-state index in [0.717, 1.165) is 48.6 Å². The van der Waals surface area contributed by atoms with Gasteiger partial charge in [-0.3, -0.25) is 4.79 Å². The first-order valence-electron chi connectivity index (χ1n) is 10.7. The maximum absolute atomic E-state index is 13.1. The number of ether oxygens (including phenoxy) is 1. The molecule has 5 heterocycles. The Balaban J connectivity index is 1.22. The lowest BCUT2D eigenvalue weighted by atomic mass is 9.72. The van der Waals surface area contributed by atoms with E-state index in [2.05, 4.69) is 27.9 Å². The molecule has 1 amide bonds. The summed E-state index contributed by atoms with van der Waals surface area (Å²) in [6, 6.07) is 1.93. The number of anilines is 1. The number of fused-ring (bicyclic) bond motifs is 1. The second-order valence-corrected chi connectivity index (χ2v) is 10.1. The Morgan fingerprint density at radius 3 is 2.80 bits per heavy atom. The van der Waals surface area contributed by atoms with E-state index in [4.69, 9.17) is 4.74 Å². The van der Waals surface area contributed by atoms with Crippen molar-refractivity contribution in [1.29, 1.82) is 0 Å². The van der Waals surface area contributed by atoms with Crippen LogP contribution in [0.5, 0.6) is 0 Å². The highest BCUT2D eigenvalue weighted by Gasteiger charge is 2.55. The van der Waals surface area contributed by atoms with Gasteiger partial charge in [0.1, 0.15) is 17.0 Å². The zero-order valence-corrected chi connectivity index (χ0v) is 18.6. The third-order valence-corrected chi connectivity index (χ3v) is 8.01. The summed E-state index contributed by atoms with van der Waals surface area (Å²) in [6.07, 6.45) is 3.32. The Morgan fingerprint density at radius 2 is 2.13 bits per heavy atom. The molecule has 160 valence electrons. The molecule has 2 aromatic rings. The van der Waals surface area contributed by atoms with Crippen molar-refractivity contribution in [3.63, 3.8) is 0 Å². The summed E-state index contributed by atoms with van der Waals surface area (Å²) >= 11 is 1.74. The molecule has 3 aliphatic heterocycles. The molecule has 3 fully saturated rings. The molecule has 3 saturated heterocycles. The lowest BCUT2D eigenvalue weighted by molar-refractivity contribution is -0.149. The number of likely N-dealkylation sites (tertiary alicyclic amines) is 1. The standard InChI is InChI=1S/C20H28BN5O3S/c1-4-14-6-15-17(22-12-23-18(15)30-14)24-8-20(9-24)10-25(11-20)19(27)16-5-13(29-3)7-26(16)21(2)28/h6,12-13,16,28H,4-5,7-11H2,1-3H3/t13-,16-/m0/s1. The fraction of sp³-hybridized carbons (Fsp3) is 0.650. The van der Waals surface area contributed by atoms with E-state index < -0.39 is 7.05 Å². The lowest BCUT2D eigenvalue weighted by Crippen LogP contribution is -2.74. The summed E-state index contributed by atoms with van der Waals surface area (Å²) in [7, 11) is 1.02. The van der Waals surface area contributed by atoms with Gasteiger partial charge in [0, 0.05) is 50.1 Å². The molecule has 1 spiro atoms. The molecule has 0 aliphatic carbocycles. The van der Waals surface area contributed by atoms with Crippen molar-refractivity contribution < 1.29 is 14.6 Å². The molecule has 3 aliphatic rings. The van der Waals surface area contributed by atoms with Gasteiger partial charge in [-0.1, -0.05) is 6.92 Å². The minimum absolute atomic E-state index is 0.00165. The highest BCUT2D eigenvalue weighted by atomic mass is 32.1. The Morgan fingerprint density at radius 1 is 1.37 bits per heavy atom. The first-order chi connectivity index (χ1) is 14.4. The number of methoxy groups -OCH3 is 1. The Hall–Kier alpha value is -1.75. The summed E-state index contributed by atoms with van der Waals surface area (Å²) < 4.78 is 5.44. The van der Waals surface area contributed by atoms with Crippen LogP contribution in [0.4, 0.5) is 5.82 Å². The summed E-state index contributed by atoms with van der Waals surface area (Å²) in [4.78, 5) is 30.6. The molecular weight excluding hydrogens is 401 g/mol. The van der Waals surface area contributed by atoms with Crippen molar-refractivity contribution in [2.45, 2.75) is 38.7 Å². The predicted octanol–water partition coefficient (Wildman–Crippen LogP) is 1.10. The van der Waals surface area contributed by atoms with Crippen LogP contribution in [0.15, 0.2) is 12.4 Å². The van der Waals surface area contributed by atoms with E-state index in [1.807, 2.05) is 9.71 Å². The van der Waals surface area contributed by atoms with Crippen LogP contribution in [0.1, 0.15) is 18.2 Å². The van der Waals surface area contributed by atoms with E-state index in [1.54, 1.807) is 31.6 Å². The highest BCUT2D eigenvalue weighted by molar-refractivity contribution is 7.18. The van der Waals surface area contributed by atoms with Gasteiger partial charge >= 0.3 is 7.05 Å². The van der Waals surface area contributed by atoms with Crippen LogP contribution in [-0.2, 0) is 16.0 Å². The second kappa shape index (κ2) is 7.44. The topological polar surface area (TPSA) is 82.0 Å². The third kappa shape index (κ3) is 3.21. The van der Waals surface area contributed by atoms with Gasteiger partial charge in [-0.05, 0) is 25.7 Å². The molecule has 2 atom stereocenters. The smallest absolute Gasteiger partial charge is 0.377 e. The second-order valence-electron chi connectivity index (χ2n) is 8.97. The van der Waals surface area contributed by atoms with E-state index in [1.165, 1.54) is 4.88 Å². The SMILES string of the molecule is CCc1cc2c(N3CC4(CN(C(=O)[C@@H]5C[C@H](OC)CN5B(C)O)C4)C3)ncnc2s1. The van der Waals surface area contributed by atoms with Gasteiger partial charge in [0.15, 0.2) is 0 Å². The molecule has 2 aromatic heterocycles. The molecule has 1 N–H and O–H groups in total. The highest BCUT2D eigenvalue weighted by Crippen LogP contribution is 2.44. The molecule has 30 heavy (non-hydrogen) atoms. The normalized spacial score (nSPS) is 25.6. The molecule has 5 rings (SSSR count). The van der Waals surface area contributed by atoms with Gasteiger partial charge in [-0.25, -0.2) is 9.97 Å². The van der Waals surface area contributed by atoms with E-state index in [9.17, 15) is 9.82 Å². The summed E-state index contributed by atoms with van der Waals surface area (Å²) in [5.41, 5.74) is 0.172. The Labute approximate surface area is 181 Å². The van der Waals surface area contributed by atoms with Crippen molar-refractivity contribution in [2.24, 2.45) is 5.41 Å². The van der Waals surface area contributed by atoms with Gasteiger partial charge in [0.05, 0.1) is 17.5 Å². The number of thiophene rings is 1. The molecular formula is C20H28BN5O3S. The molecule has 0 aromatic carbocycles. The van der Waals surface area contributed by atoms with Crippen LogP contribution in [0.25, 0.3) is 10.2 Å². The largest absolute Gasteiger partial charge is 0.437 e. The van der Waals surface area contributed by atoms with Gasteiger partial charge in [-0.15, -0.1) is 11.3 Å². The first-order valence-corrected chi connectivity index (χ1v) is 11.5. The molecule has 0 radical (unpaired) electrons. The molecule has 10 heteroatoms. The van der Waals surface area contributed by atoms with Crippen LogP contribution < -0.4 is 4.90 Å². The fourth-order valence-electron chi connectivity index (χ4n) is 5.21. The number of hydrogen-bond donors (Lipinski definition) is 1. The van der Waals surface area contributed by atoms with Crippen molar-refractivity contribution in [2.75, 3.05) is 44.7 Å². The maximum atomic E-state index is 13.1. The summed E-state index contributed by atoms with van der Waals surface area (Å²) in [5.74, 6) is 1.14. The number of carbonyl (C=O) groups excluding carboxylic acids is 1. The van der Waals surface area contributed by atoms with Crippen molar-refractivity contribution >= 4 is 40.3 Å². The summed E-state index contributed by atoms with van der Waals surface area (Å²) in [5, 5.41) is 11.2. The number of aryl methyl sites for hydroxylation is 1. The number of hydrogen-bond acceptors (Lipinski definition) is 8. The fourth-order valence-corrected chi connectivity index (χ4v) is 6.14. The van der Waals surface area contributed by atoms with Gasteiger partial charge in [-0.2, -0.15) is 0 Å². The number of nitrogens with zero attached hydrogens (tertiary/aromatic N) is 5. The Bertz CT molecular complexity index is 955. The van der Waals surface area contributed by atoms with Crippen LogP contribution in [-0.4, -0.2) is 89.6 Å². The molecule has 0 unspecified atom stereocenters. The van der Waals surface area contributed by atoms with E-state index >= 15 is 0 Å². The molecule has 8 nitrogen and oxygen atoms in total. The molecule has 0 bridgehead atoms. The van der Waals surface area contributed by atoms with Crippen molar-refractivity contribution in [3.8, 4) is 0 Å². The van der Waals surface area contributed by atoms with E-state index in [-0.39, 0.29) is 23.5 Å². The summed E-state index contributed by atoms with van der Waals surface area (Å²) in [6.45, 7) is 7.88. The van der Waals surface area contributed by atoms with Crippen molar-refractivity contribution in [1.82, 2.24) is 19.7 Å². The Kier molecular flexibility index (Phi) is 5.00. The predicted molar refractivity (Wildman–Crippen MR) is 118 cm³/mol. The minimum atomic E-state index is -0.646. The maximum Gasteiger partial charge on any atom is 0.377 e. The average Bonchev–Trinajstić information content (AvgIpc) is 3.29. The average molecular weight is 429 g/mol. The zero-order valence-electron chi connectivity index (χ0n) is 17.7. The zero-order chi connectivity index (χ0) is 21.0. The number of aromatic nitrogens is 2. The van der Waals surface area contributed by atoms with Crippen molar-refractivity contribution in [3.05, 3.63) is 17.3 Å². The monoisotopic (exact) mass is 429 g/mol. The number of carbonyl (C=O) groups is 1. The minimum Gasteiger partial charge on any atom is -0.437 e. The van der Waals surface area contributed by atoms with Gasteiger partial charge in [0.2, 0.25) is 5.91 Å². The third-order valence-electron chi connectivity index (χ3n) is 6.82. The number of amides is 1. The molecule has 0 saturated carbocycles.